The van der Waals surface area contributed by atoms with Gasteiger partial charge in [0.2, 0.25) is 10.0 Å². The van der Waals surface area contributed by atoms with Gasteiger partial charge < -0.3 is 4.74 Å². The van der Waals surface area contributed by atoms with Crippen LogP contribution in [0.1, 0.15) is 19.3 Å². The molecule has 1 unspecified atom stereocenters. The van der Waals surface area contributed by atoms with Crippen LogP contribution in [0, 0.1) is 0 Å². The largest absolute Gasteiger partial charge is 0.362 e. The van der Waals surface area contributed by atoms with E-state index in [-0.39, 0.29) is 6.23 Å². The van der Waals surface area contributed by atoms with Gasteiger partial charge in [0.1, 0.15) is 6.23 Å². The highest BCUT2D eigenvalue weighted by molar-refractivity contribution is 7.88. The van der Waals surface area contributed by atoms with Gasteiger partial charge in [-0.05, 0) is 19.3 Å². The predicted molar refractivity (Wildman–Crippen MR) is 44.7 cm³/mol. The number of hydrazine groups is 1. The molecule has 0 bridgehead atoms. The van der Waals surface area contributed by atoms with Crippen molar-refractivity contribution < 1.29 is 13.2 Å². The lowest BCUT2D eigenvalue weighted by atomic mass is 10.2. The average Bonchev–Trinajstić information content (AvgIpc) is 2.02. The molecule has 1 fully saturated rings. The molecule has 1 heterocycles. The van der Waals surface area contributed by atoms with Crippen molar-refractivity contribution in [2.75, 3.05) is 12.9 Å². The van der Waals surface area contributed by atoms with Gasteiger partial charge in [0.25, 0.3) is 0 Å². The van der Waals surface area contributed by atoms with E-state index in [4.69, 9.17) is 4.74 Å². The zero-order valence-corrected chi connectivity index (χ0v) is 7.86. The molecule has 0 radical (unpaired) electrons. The van der Waals surface area contributed by atoms with Crippen LogP contribution in [-0.4, -0.2) is 27.5 Å². The zero-order valence-electron chi connectivity index (χ0n) is 7.04. The van der Waals surface area contributed by atoms with Gasteiger partial charge in [-0.1, -0.05) is 0 Å². The third kappa shape index (κ3) is 4.01. The first kappa shape index (κ1) is 9.91. The van der Waals surface area contributed by atoms with E-state index < -0.39 is 10.0 Å². The van der Waals surface area contributed by atoms with Crippen molar-refractivity contribution >= 4 is 10.0 Å². The molecule has 5 nitrogen and oxygen atoms in total. The number of hydrogen-bond acceptors (Lipinski definition) is 4. The normalized spacial score (nSPS) is 25.6. The molecule has 1 aliphatic rings. The van der Waals surface area contributed by atoms with Gasteiger partial charge in [-0.2, -0.15) is 0 Å². The Morgan fingerprint density at radius 2 is 2.17 bits per heavy atom. The molecule has 72 valence electrons. The summed E-state index contributed by atoms with van der Waals surface area (Å²) in [5, 5.41) is 0. The molecule has 0 amide bonds. The molecule has 1 rings (SSSR count). The predicted octanol–water partition coefficient (Wildman–Crippen LogP) is -0.433. The summed E-state index contributed by atoms with van der Waals surface area (Å²) in [6, 6.07) is 0. The summed E-state index contributed by atoms with van der Waals surface area (Å²) < 4.78 is 26.5. The summed E-state index contributed by atoms with van der Waals surface area (Å²) in [4.78, 5) is 2.19. The summed E-state index contributed by atoms with van der Waals surface area (Å²) in [5.74, 6) is 0. The molecule has 0 aromatic rings. The Bertz CT molecular complexity index is 221. The Hall–Kier alpha value is -0.170. The molecular weight excluding hydrogens is 180 g/mol. The fourth-order valence-electron chi connectivity index (χ4n) is 1.03. The summed E-state index contributed by atoms with van der Waals surface area (Å²) >= 11 is 0. The molecular formula is C6H14N2O3S. The summed E-state index contributed by atoms with van der Waals surface area (Å²) in [6.07, 6.45) is 3.90. The molecule has 0 aromatic carbocycles. The van der Waals surface area contributed by atoms with Crippen molar-refractivity contribution in [2.45, 2.75) is 25.5 Å². The quantitative estimate of drug-likeness (QED) is 0.598. The zero-order chi connectivity index (χ0) is 9.03. The number of hydrogen-bond donors (Lipinski definition) is 2. The van der Waals surface area contributed by atoms with Gasteiger partial charge in [0, 0.05) is 6.61 Å². The smallest absolute Gasteiger partial charge is 0.221 e. The van der Waals surface area contributed by atoms with Crippen LogP contribution < -0.4 is 10.3 Å². The minimum atomic E-state index is -3.16. The van der Waals surface area contributed by atoms with E-state index in [1.807, 2.05) is 0 Å². The summed E-state index contributed by atoms with van der Waals surface area (Å²) in [7, 11) is -3.16. The molecule has 0 aromatic heterocycles. The molecule has 1 atom stereocenters. The van der Waals surface area contributed by atoms with Crippen LogP contribution in [-0.2, 0) is 14.8 Å². The molecule has 1 saturated heterocycles. The standard InChI is InChI=1S/C6H14N2O3S/c1-12(9,10)8-7-6-4-2-3-5-11-6/h6-8H,2-5H2,1H3. The molecule has 0 aliphatic carbocycles. The minimum absolute atomic E-state index is 0.173. The van der Waals surface area contributed by atoms with Crippen molar-refractivity contribution in [3.05, 3.63) is 0 Å². The Kier molecular flexibility index (Phi) is 3.45. The second-order valence-electron chi connectivity index (χ2n) is 2.87. The molecule has 2 N–H and O–H groups in total. The first-order valence-electron chi connectivity index (χ1n) is 3.92. The van der Waals surface area contributed by atoms with Crippen LogP contribution in [0.2, 0.25) is 0 Å². The Morgan fingerprint density at radius 1 is 1.42 bits per heavy atom. The molecule has 0 saturated carbocycles. The SMILES string of the molecule is CS(=O)(=O)NNC1CCCCO1. The third-order valence-electron chi connectivity index (χ3n) is 1.58. The molecule has 0 spiro atoms. The second kappa shape index (κ2) is 4.18. The van der Waals surface area contributed by atoms with Gasteiger partial charge in [-0.15, -0.1) is 4.83 Å². The van der Waals surface area contributed by atoms with Crippen molar-refractivity contribution in [3.8, 4) is 0 Å². The van der Waals surface area contributed by atoms with E-state index in [0.717, 1.165) is 25.5 Å². The monoisotopic (exact) mass is 194 g/mol. The lowest BCUT2D eigenvalue weighted by molar-refractivity contribution is -0.00891. The van der Waals surface area contributed by atoms with E-state index >= 15 is 0 Å². The molecule has 1 aliphatic heterocycles. The fraction of sp³-hybridized carbons (Fsp3) is 1.00. The van der Waals surface area contributed by atoms with Crippen molar-refractivity contribution in [3.63, 3.8) is 0 Å². The van der Waals surface area contributed by atoms with Crippen LogP contribution in [0.15, 0.2) is 0 Å². The summed E-state index contributed by atoms with van der Waals surface area (Å²) in [6.45, 7) is 0.698. The van der Waals surface area contributed by atoms with E-state index in [1.54, 1.807) is 0 Å². The average molecular weight is 194 g/mol. The van der Waals surface area contributed by atoms with Gasteiger partial charge in [0.15, 0.2) is 0 Å². The van der Waals surface area contributed by atoms with Crippen LogP contribution in [0.4, 0.5) is 0 Å². The first-order chi connectivity index (χ1) is 5.58. The van der Waals surface area contributed by atoms with Crippen molar-refractivity contribution in [2.24, 2.45) is 0 Å². The maximum absolute atomic E-state index is 10.6. The fourth-order valence-corrected chi connectivity index (χ4v) is 1.37. The summed E-state index contributed by atoms with van der Waals surface area (Å²) in [5.41, 5.74) is 2.60. The number of nitrogens with one attached hydrogen (secondary N) is 2. The van der Waals surface area contributed by atoms with Crippen LogP contribution in [0.25, 0.3) is 0 Å². The Morgan fingerprint density at radius 3 is 2.67 bits per heavy atom. The number of rotatable bonds is 3. The maximum atomic E-state index is 10.6. The van der Waals surface area contributed by atoms with Crippen molar-refractivity contribution in [1.29, 1.82) is 0 Å². The van der Waals surface area contributed by atoms with E-state index in [9.17, 15) is 8.42 Å². The highest BCUT2D eigenvalue weighted by Gasteiger charge is 2.13. The highest BCUT2D eigenvalue weighted by atomic mass is 32.2. The molecule has 12 heavy (non-hydrogen) atoms. The molecule has 6 heteroatoms. The van der Waals surface area contributed by atoms with Gasteiger partial charge in [-0.3, -0.25) is 0 Å². The van der Waals surface area contributed by atoms with E-state index in [0.29, 0.717) is 6.61 Å². The highest BCUT2D eigenvalue weighted by Crippen LogP contribution is 2.09. The number of sulfonamides is 1. The van der Waals surface area contributed by atoms with E-state index in [1.165, 1.54) is 0 Å². The lowest BCUT2D eigenvalue weighted by Gasteiger charge is -2.23. The van der Waals surface area contributed by atoms with Gasteiger partial charge >= 0.3 is 0 Å². The minimum Gasteiger partial charge on any atom is -0.362 e. The third-order valence-corrected chi connectivity index (χ3v) is 2.07. The van der Waals surface area contributed by atoms with Gasteiger partial charge in [-0.25, -0.2) is 13.8 Å². The van der Waals surface area contributed by atoms with Crippen LogP contribution in [0.3, 0.4) is 0 Å². The topological polar surface area (TPSA) is 67.4 Å². The first-order valence-corrected chi connectivity index (χ1v) is 5.81. The van der Waals surface area contributed by atoms with Crippen LogP contribution in [0.5, 0.6) is 0 Å². The maximum Gasteiger partial charge on any atom is 0.221 e. The number of ether oxygens (including phenoxy) is 1. The van der Waals surface area contributed by atoms with Gasteiger partial charge in [0.05, 0.1) is 6.26 Å². The Balaban J connectivity index is 2.22. The second-order valence-corrected chi connectivity index (χ2v) is 4.62. The van der Waals surface area contributed by atoms with Crippen LogP contribution >= 0.6 is 0 Å². The van der Waals surface area contributed by atoms with Crippen molar-refractivity contribution in [1.82, 2.24) is 10.3 Å². The van der Waals surface area contributed by atoms with E-state index in [2.05, 4.69) is 10.3 Å². The lowest BCUT2D eigenvalue weighted by Crippen LogP contribution is -2.46. The Labute approximate surface area is 72.5 Å².